The van der Waals surface area contributed by atoms with Crippen molar-refractivity contribution < 1.29 is 9.13 Å². The highest BCUT2D eigenvalue weighted by molar-refractivity contribution is 5.46. The van der Waals surface area contributed by atoms with Gasteiger partial charge < -0.3 is 15.4 Å². The van der Waals surface area contributed by atoms with Gasteiger partial charge >= 0.3 is 0 Å². The molecule has 1 aromatic carbocycles. The fourth-order valence-corrected chi connectivity index (χ4v) is 3.46. The molecule has 2 atom stereocenters. The highest BCUT2D eigenvalue weighted by Gasteiger charge is 2.31. The lowest BCUT2D eigenvalue weighted by molar-refractivity contribution is 0.117. The van der Waals surface area contributed by atoms with Crippen molar-refractivity contribution >= 4 is 5.69 Å². The molecule has 0 radical (unpaired) electrons. The Labute approximate surface area is 125 Å². The van der Waals surface area contributed by atoms with Gasteiger partial charge in [-0.3, -0.25) is 4.90 Å². The highest BCUT2D eigenvalue weighted by atomic mass is 19.1. The monoisotopic (exact) mass is 293 g/mol. The summed E-state index contributed by atoms with van der Waals surface area (Å²) in [7, 11) is 0. The first-order valence-corrected chi connectivity index (χ1v) is 7.80. The van der Waals surface area contributed by atoms with Crippen molar-refractivity contribution in [1.82, 2.24) is 4.90 Å². The zero-order valence-electron chi connectivity index (χ0n) is 12.4. The number of anilines is 1. The number of benzene rings is 1. The molecule has 0 spiro atoms. The molecule has 1 aromatic rings. The molecule has 5 heteroatoms. The molecule has 0 aromatic heterocycles. The van der Waals surface area contributed by atoms with E-state index in [-0.39, 0.29) is 5.82 Å². The zero-order chi connectivity index (χ0) is 14.7. The van der Waals surface area contributed by atoms with E-state index in [1.165, 1.54) is 12.1 Å². The molecule has 2 saturated heterocycles. The van der Waals surface area contributed by atoms with E-state index < -0.39 is 0 Å². The Balaban J connectivity index is 1.57. The normalized spacial score (nSPS) is 25.2. The summed E-state index contributed by atoms with van der Waals surface area (Å²) in [5.41, 5.74) is 7.09. The Hall–Kier alpha value is -1.17. The molecule has 0 amide bonds. The number of nitrogens with two attached hydrogens (primary N) is 1. The minimum absolute atomic E-state index is 0.179. The Morgan fingerprint density at radius 1 is 1.19 bits per heavy atom. The number of hydrogen-bond donors (Lipinski definition) is 1. The van der Waals surface area contributed by atoms with Gasteiger partial charge in [-0.15, -0.1) is 0 Å². The smallest absolute Gasteiger partial charge is 0.123 e. The first-order valence-electron chi connectivity index (χ1n) is 7.80. The number of piperazine rings is 1. The van der Waals surface area contributed by atoms with Crippen molar-refractivity contribution in [3.8, 4) is 0 Å². The molecule has 4 nitrogen and oxygen atoms in total. The Kier molecular flexibility index (Phi) is 4.73. The van der Waals surface area contributed by atoms with Gasteiger partial charge in [0.1, 0.15) is 5.82 Å². The van der Waals surface area contributed by atoms with Gasteiger partial charge in [0.2, 0.25) is 0 Å². The van der Waals surface area contributed by atoms with Crippen LogP contribution in [0.5, 0.6) is 0 Å². The summed E-state index contributed by atoms with van der Waals surface area (Å²) in [4.78, 5) is 4.81. The summed E-state index contributed by atoms with van der Waals surface area (Å²) in [5.74, 6) is 0.397. The van der Waals surface area contributed by atoms with E-state index in [4.69, 9.17) is 10.5 Å². The lowest BCUT2D eigenvalue weighted by Gasteiger charge is -2.41. The lowest BCUT2D eigenvalue weighted by Crippen LogP contribution is -2.55. The van der Waals surface area contributed by atoms with Gasteiger partial charge in [0.25, 0.3) is 0 Å². The molecule has 0 aliphatic carbocycles. The average Bonchev–Trinajstić information content (AvgIpc) is 3.04. The van der Waals surface area contributed by atoms with Crippen LogP contribution in [0.3, 0.4) is 0 Å². The Morgan fingerprint density at radius 3 is 2.48 bits per heavy atom. The number of nitrogens with zero attached hydrogens (tertiary/aromatic N) is 2. The van der Waals surface area contributed by atoms with Crippen molar-refractivity contribution in [2.45, 2.75) is 12.5 Å². The van der Waals surface area contributed by atoms with E-state index in [0.717, 1.165) is 51.5 Å². The van der Waals surface area contributed by atoms with Gasteiger partial charge in [0, 0.05) is 57.0 Å². The molecule has 2 aliphatic rings. The predicted molar refractivity (Wildman–Crippen MR) is 82.0 cm³/mol. The third kappa shape index (κ3) is 3.36. The average molecular weight is 293 g/mol. The van der Waals surface area contributed by atoms with E-state index in [9.17, 15) is 4.39 Å². The van der Waals surface area contributed by atoms with Crippen molar-refractivity contribution in [1.29, 1.82) is 0 Å². The minimum atomic E-state index is -0.179. The molecular formula is C16H24FN3O. The van der Waals surface area contributed by atoms with Crippen LogP contribution in [-0.2, 0) is 4.74 Å². The van der Waals surface area contributed by atoms with Crippen molar-refractivity contribution in [2.24, 2.45) is 11.7 Å². The SMILES string of the molecule is NCC(C1CCOC1)N1CCN(c2ccc(F)cc2)CC1. The molecule has 2 heterocycles. The maximum Gasteiger partial charge on any atom is 0.123 e. The molecule has 2 fully saturated rings. The number of halogens is 1. The van der Waals surface area contributed by atoms with E-state index >= 15 is 0 Å². The van der Waals surface area contributed by atoms with Crippen LogP contribution in [0.1, 0.15) is 6.42 Å². The first kappa shape index (κ1) is 14.8. The van der Waals surface area contributed by atoms with Crippen molar-refractivity contribution in [3.05, 3.63) is 30.1 Å². The third-order valence-corrected chi connectivity index (χ3v) is 4.73. The summed E-state index contributed by atoms with van der Waals surface area (Å²) in [6, 6.07) is 7.20. The van der Waals surface area contributed by atoms with Crippen LogP contribution in [0.15, 0.2) is 24.3 Å². The van der Waals surface area contributed by atoms with E-state index in [1.54, 1.807) is 0 Å². The second kappa shape index (κ2) is 6.73. The van der Waals surface area contributed by atoms with Crippen LogP contribution in [0.4, 0.5) is 10.1 Å². The molecular weight excluding hydrogens is 269 g/mol. The van der Waals surface area contributed by atoms with Crippen LogP contribution in [0, 0.1) is 11.7 Å². The minimum Gasteiger partial charge on any atom is -0.381 e. The van der Waals surface area contributed by atoms with Gasteiger partial charge in [0.15, 0.2) is 0 Å². The summed E-state index contributed by atoms with van der Waals surface area (Å²) < 4.78 is 18.5. The second-order valence-corrected chi connectivity index (χ2v) is 5.93. The topological polar surface area (TPSA) is 41.7 Å². The summed E-state index contributed by atoms with van der Waals surface area (Å²) in [6.07, 6.45) is 1.13. The largest absolute Gasteiger partial charge is 0.381 e. The zero-order valence-corrected chi connectivity index (χ0v) is 12.4. The van der Waals surface area contributed by atoms with Crippen molar-refractivity contribution in [3.63, 3.8) is 0 Å². The fraction of sp³-hybridized carbons (Fsp3) is 0.625. The van der Waals surface area contributed by atoms with E-state index in [0.29, 0.717) is 18.5 Å². The van der Waals surface area contributed by atoms with Gasteiger partial charge in [-0.05, 0) is 30.7 Å². The summed E-state index contributed by atoms with van der Waals surface area (Å²) >= 11 is 0. The van der Waals surface area contributed by atoms with Crippen LogP contribution in [-0.4, -0.2) is 56.9 Å². The van der Waals surface area contributed by atoms with Crippen LogP contribution >= 0.6 is 0 Å². The molecule has 2 N–H and O–H groups in total. The molecule has 0 saturated carbocycles. The van der Waals surface area contributed by atoms with Crippen LogP contribution in [0.2, 0.25) is 0 Å². The molecule has 21 heavy (non-hydrogen) atoms. The van der Waals surface area contributed by atoms with Gasteiger partial charge in [-0.25, -0.2) is 4.39 Å². The molecule has 3 rings (SSSR count). The lowest BCUT2D eigenvalue weighted by atomic mass is 9.97. The van der Waals surface area contributed by atoms with E-state index in [1.807, 2.05) is 12.1 Å². The van der Waals surface area contributed by atoms with Gasteiger partial charge in [-0.1, -0.05) is 0 Å². The Bertz CT molecular complexity index is 439. The van der Waals surface area contributed by atoms with Gasteiger partial charge in [0.05, 0.1) is 6.61 Å². The van der Waals surface area contributed by atoms with Gasteiger partial charge in [-0.2, -0.15) is 0 Å². The fourth-order valence-electron chi connectivity index (χ4n) is 3.46. The van der Waals surface area contributed by atoms with E-state index in [2.05, 4.69) is 9.80 Å². The van der Waals surface area contributed by atoms with Crippen LogP contribution < -0.4 is 10.6 Å². The summed E-state index contributed by atoms with van der Waals surface area (Å²) in [6.45, 7) is 6.37. The van der Waals surface area contributed by atoms with Crippen LogP contribution in [0.25, 0.3) is 0 Å². The Morgan fingerprint density at radius 2 is 1.90 bits per heavy atom. The molecule has 116 valence electrons. The third-order valence-electron chi connectivity index (χ3n) is 4.73. The van der Waals surface area contributed by atoms with Crippen molar-refractivity contribution in [2.75, 3.05) is 50.8 Å². The molecule has 0 bridgehead atoms. The standard InChI is InChI=1S/C16H24FN3O/c17-14-1-3-15(4-2-14)19-6-8-20(9-7-19)16(11-18)13-5-10-21-12-13/h1-4,13,16H,5-12,18H2. The maximum atomic E-state index is 13.0. The maximum absolute atomic E-state index is 13.0. The second-order valence-electron chi connectivity index (χ2n) is 5.93. The number of rotatable bonds is 4. The number of ether oxygens (including phenoxy) is 1. The molecule has 2 aliphatic heterocycles. The molecule has 2 unspecified atom stereocenters. The quantitative estimate of drug-likeness (QED) is 0.909. The first-order chi connectivity index (χ1) is 10.3. The number of hydrogen-bond acceptors (Lipinski definition) is 4. The predicted octanol–water partition coefficient (Wildman–Crippen LogP) is 1.31. The summed E-state index contributed by atoms with van der Waals surface area (Å²) in [5, 5.41) is 0. The highest BCUT2D eigenvalue weighted by Crippen LogP contribution is 2.23.